The average Bonchev–Trinajstić information content (AvgIpc) is 2.94. The van der Waals surface area contributed by atoms with Crippen molar-refractivity contribution in [2.45, 2.75) is 91.5 Å². The van der Waals surface area contributed by atoms with Crippen LogP contribution in [-0.2, 0) is 9.59 Å². The van der Waals surface area contributed by atoms with Crippen LogP contribution in [0.15, 0.2) is 0 Å². The van der Waals surface area contributed by atoms with Gasteiger partial charge in [0.05, 0.1) is 0 Å². The van der Waals surface area contributed by atoms with E-state index in [-0.39, 0.29) is 17.7 Å². The van der Waals surface area contributed by atoms with E-state index in [0.29, 0.717) is 17.9 Å². The molecule has 0 aromatic carbocycles. The van der Waals surface area contributed by atoms with Gasteiger partial charge in [0, 0.05) is 24.9 Å². The largest absolute Gasteiger partial charge is 0.356 e. The second-order valence-corrected chi connectivity index (χ2v) is 7.58. The van der Waals surface area contributed by atoms with Crippen molar-refractivity contribution in [3.8, 4) is 0 Å². The molecular weight excluding hydrogens is 300 g/mol. The van der Waals surface area contributed by atoms with E-state index in [4.69, 9.17) is 0 Å². The lowest BCUT2D eigenvalue weighted by molar-refractivity contribution is -0.126. The molecule has 24 heavy (non-hydrogen) atoms. The van der Waals surface area contributed by atoms with Crippen LogP contribution in [0.2, 0.25) is 0 Å². The fourth-order valence-corrected chi connectivity index (χ4v) is 3.50. The first-order valence-corrected chi connectivity index (χ1v) is 10.1. The molecule has 4 atom stereocenters. The van der Waals surface area contributed by atoms with Crippen molar-refractivity contribution in [2.75, 3.05) is 6.54 Å². The Balaban J connectivity index is 0.000000240. The molecule has 4 nitrogen and oxygen atoms in total. The van der Waals surface area contributed by atoms with Gasteiger partial charge in [-0.25, -0.2) is 0 Å². The molecule has 0 spiro atoms. The maximum absolute atomic E-state index is 11.5. The van der Waals surface area contributed by atoms with Crippen LogP contribution in [0.1, 0.15) is 85.5 Å². The summed E-state index contributed by atoms with van der Waals surface area (Å²) in [5, 5.41) is 6.06. The Labute approximate surface area is 148 Å². The lowest BCUT2D eigenvalue weighted by Gasteiger charge is -2.21. The molecule has 2 fully saturated rings. The molecule has 2 heterocycles. The van der Waals surface area contributed by atoms with E-state index < -0.39 is 0 Å². The van der Waals surface area contributed by atoms with E-state index in [9.17, 15) is 9.59 Å². The number of nitrogens with one attached hydrogen (secondary N) is 2. The highest BCUT2D eigenvalue weighted by atomic mass is 16.2. The molecule has 2 saturated heterocycles. The van der Waals surface area contributed by atoms with Crippen molar-refractivity contribution in [2.24, 2.45) is 17.8 Å². The molecule has 0 aliphatic carbocycles. The summed E-state index contributed by atoms with van der Waals surface area (Å²) in [5.41, 5.74) is 0. The molecule has 2 N–H and O–H groups in total. The summed E-state index contributed by atoms with van der Waals surface area (Å²) >= 11 is 0. The quantitative estimate of drug-likeness (QED) is 0.813. The van der Waals surface area contributed by atoms with E-state index >= 15 is 0 Å². The minimum Gasteiger partial charge on any atom is -0.356 e. The van der Waals surface area contributed by atoms with Crippen LogP contribution in [0.4, 0.5) is 0 Å². The molecule has 0 radical (unpaired) electrons. The normalized spacial score (nSPS) is 27.5. The first kappa shape index (κ1) is 21.0. The highest BCUT2D eigenvalue weighted by Gasteiger charge is 2.24. The van der Waals surface area contributed by atoms with Crippen LogP contribution < -0.4 is 10.6 Å². The molecule has 2 rings (SSSR count). The molecule has 0 bridgehead atoms. The van der Waals surface area contributed by atoms with Gasteiger partial charge in [0.25, 0.3) is 0 Å². The molecule has 2 aliphatic rings. The highest BCUT2D eigenvalue weighted by molar-refractivity contribution is 5.79. The summed E-state index contributed by atoms with van der Waals surface area (Å²) < 4.78 is 0. The van der Waals surface area contributed by atoms with E-state index in [2.05, 4.69) is 38.3 Å². The van der Waals surface area contributed by atoms with Gasteiger partial charge in [-0.05, 0) is 37.5 Å². The summed E-state index contributed by atoms with van der Waals surface area (Å²) in [7, 11) is 0. The van der Waals surface area contributed by atoms with E-state index in [0.717, 1.165) is 45.1 Å². The predicted molar refractivity (Wildman–Crippen MR) is 99.7 cm³/mol. The molecule has 4 heteroatoms. The van der Waals surface area contributed by atoms with Gasteiger partial charge >= 0.3 is 0 Å². The maximum Gasteiger partial charge on any atom is 0.223 e. The zero-order valence-corrected chi connectivity index (χ0v) is 16.2. The van der Waals surface area contributed by atoms with Gasteiger partial charge in [0.1, 0.15) is 0 Å². The van der Waals surface area contributed by atoms with Crippen LogP contribution in [0.5, 0.6) is 0 Å². The number of carbonyl (C=O) groups excluding carboxylic acids is 2. The van der Waals surface area contributed by atoms with Crippen LogP contribution in [-0.4, -0.2) is 24.4 Å². The second kappa shape index (κ2) is 11.5. The summed E-state index contributed by atoms with van der Waals surface area (Å²) in [6.07, 6.45) is 9.87. The Morgan fingerprint density at radius 2 is 1.62 bits per heavy atom. The first-order valence-electron chi connectivity index (χ1n) is 10.1. The van der Waals surface area contributed by atoms with Gasteiger partial charge in [-0.2, -0.15) is 0 Å². The van der Waals surface area contributed by atoms with Crippen molar-refractivity contribution in [1.82, 2.24) is 10.6 Å². The minimum absolute atomic E-state index is 0.248. The Morgan fingerprint density at radius 1 is 0.958 bits per heavy atom. The van der Waals surface area contributed by atoms with Gasteiger partial charge < -0.3 is 10.6 Å². The van der Waals surface area contributed by atoms with Crippen LogP contribution in [0.3, 0.4) is 0 Å². The molecule has 2 aliphatic heterocycles. The van der Waals surface area contributed by atoms with Gasteiger partial charge in [0.15, 0.2) is 0 Å². The zero-order valence-electron chi connectivity index (χ0n) is 16.2. The topological polar surface area (TPSA) is 58.2 Å². The van der Waals surface area contributed by atoms with Crippen LogP contribution in [0.25, 0.3) is 0 Å². The summed E-state index contributed by atoms with van der Waals surface area (Å²) in [6, 6.07) is 0.435. The fourth-order valence-electron chi connectivity index (χ4n) is 3.50. The second-order valence-electron chi connectivity index (χ2n) is 7.58. The molecular formula is C20H38N2O2. The van der Waals surface area contributed by atoms with Crippen molar-refractivity contribution in [3.05, 3.63) is 0 Å². The molecule has 0 aromatic rings. The van der Waals surface area contributed by atoms with Gasteiger partial charge in [-0.3, -0.25) is 9.59 Å². The molecule has 140 valence electrons. The highest BCUT2D eigenvalue weighted by Crippen LogP contribution is 2.23. The van der Waals surface area contributed by atoms with E-state index in [1.54, 1.807) is 0 Å². The van der Waals surface area contributed by atoms with Gasteiger partial charge in [0.2, 0.25) is 11.8 Å². The van der Waals surface area contributed by atoms with Gasteiger partial charge in [-0.1, -0.05) is 53.4 Å². The summed E-state index contributed by atoms with van der Waals surface area (Å²) in [6.45, 7) is 9.61. The van der Waals surface area contributed by atoms with E-state index in [1.807, 2.05) is 0 Å². The maximum atomic E-state index is 11.5. The molecule has 4 unspecified atom stereocenters. The fraction of sp³-hybridized carbons (Fsp3) is 0.900. The van der Waals surface area contributed by atoms with Crippen molar-refractivity contribution in [1.29, 1.82) is 0 Å². The average molecular weight is 339 g/mol. The third-order valence-corrected chi connectivity index (χ3v) is 5.75. The van der Waals surface area contributed by atoms with Crippen molar-refractivity contribution < 1.29 is 9.59 Å². The molecule has 2 amide bonds. The van der Waals surface area contributed by atoms with Crippen LogP contribution in [0, 0.1) is 17.8 Å². The molecule has 0 aromatic heterocycles. The third-order valence-electron chi connectivity index (χ3n) is 5.75. The number of hydrogen-bond donors (Lipinski definition) is 2. The number of rotatable bonds is 4. The smallest absolute Gasteiger partial charge is 0.223 e. The Morgan fingerprint density at radius 3 is 2.29 bits per heavy atom. The standard InChI is InChI=1S/2C10H19NO/c1-3-8(2)9-6-4-5-7-11-10(9)12;1-3-8(2)9-6-4-5-7-10(12)11-9/h2*8-9H,3-7H2,1-2H3,(H,11,12). The Bertz CT molecular complexity index is 384. The molecule has 0 saturated carbocycles. The summed E-state index contributed by atoms with van der Waals surface area (Å²) in [5.74, 6) is 1.98. The van der Waals surface area contributed by atoms with Crippen LogP contribution >= 0.6 is 0 Å². The van der Waals surface area contributed by atoms with Crippen molar-refractivity contribution >= 4 is 11.8 Å². The number of amides is 2. The first-order chi connectivity index (χ1) is 11.5. The lowest BCUT2D eigenvalue weighted by atomic mass is 9.87. The predicted octanol–water partition coefficient (Wildman–Crippen LogP) is 4.04. The van der Waals surface area contributed by atoms with E-state index in [1.165, 1.54) is 19.3 Å². The third kappa shape index (κ3) is 7.23. The zero-order chi connectivity index (χ0) is 17.9. The summed E-state index contributed by atoms with van der Waals surface area (Å²) in [4.78, 5) is 22.7. The lowest BCUT2D eigenvalue weighted by Crippen LogP contribution is -2.37. The Hall–Kier alpha value is -1.06. The SMILES string of the molecule is CCC(C)C1CCCCC(=O)N1.CCC(C)C1CCCCNC1=O. The van der Waals surface area contributed by atoms with Crippen molar-refractivity contribution in [3.63, 3.8) is 0 Å². The number of hydrogen-bond acceptors (Lipinski definition) is 2. The number of carbonyl (C=O) groups is 2. The van der Waals surface area contributed by atoms with Gasteiger partial charge in [-0.15, -0.1) is 0 Å². The minimum atomic E-state index is 0.248. The monoisotopic (exact) mass is 338 g/mol. The Kier molecular flexibility index (Phi) is 10.0.